The van der Waals surface area contributed by atoms with Crippen LogP contribution in [0.25, 0.3) is 0 Å². The van der Waals surface area contributed by atoms with Crippen LogP contribution in [0.15, 0.2) is 24.3 Å². The van der Waals surface area contributed by atoms with Gasteiger partial charge in [-0.1, -0.05) is 0 Å². The fourth-order valence-corrected chi connectivity index (χ4v) is 2.36. The number of aliphatic hydroxyl groups is 1. The van der Waals surface area contributed by atoms with Gasteiger partial charge in [-0.2, -0.15) is 0 Å². The normalized spacial score (nSPS) is 19.6. The van der Waals surface area contributed by atoms with E-state index < -0.39 is 0 Å². The fourth-order valence-electron chi connectivity index (χ4n) is 2.36. The molecule has 0 bridgehead atoms. The molecule has 0 radical (unpaired) electrons. The Hall–Kier alpha value is -1.46. The van der Waals surface area contributed by atoms with Crippen LogP contribution in [0, 0.1) is 5.82 Å². The third kappa shape index (κ3) is 3.52. The molecule has 4 nitrogen and oxygen atoms in total. The highest BCUT2D eigenvalue weighted by Gasteiger charge is 2.24. The molecular weight excluding hydrogens is 247 g/mol. The van der Waals surface area contributed by atoms with Crippen LogP contribution in [0.2, 0.25) is 0 Å². The second-order valence-electron chi connectivity index (χ2n) is 4.79. The summed E-state index contributed by atoms with van der Waals surface area (Å²) in [6, 6.07) is 5.92. The second kappa shape index (κ2) is 6.12. The van der Waals surface area contributed by atoms with Gasteiger partial charge in [0.15, 0.2) is 0 Å². The summed E-state index contributed by atoms with van der Waals surface area (Å²) in [7, 11) is 0. The first-order chi connectivity index (χ1) is 9.10. The quantitative estimate of drug-likeness (QED) is 0.892. The van der Waals surface area contributed by atoms with Crippen LogP contribution in [0.5, 0.6) is 0 Å². The van der Waals surface area contributed by atoms with Crippen LogP contribution in [0.3, 0.4) is 0 Å². The molecule has 1 aromatic rings. The Bertz CT molecular complexity index is 436. The number of carbonyl (C=O) groups excluding carboxylic acids is 1. The van der Waals surface area contributed by atoms with E-state index >= 15 is 0 Å². The van der Waals surface area contributed by atoms with Gasteiger partial charge in [0.05, 0.1) is 12.6 Å². The molecule has 5 heteroatoms. The number of likely N-dealkylation sites (N-methyl/N-ethyl adjacent to an activating group) is 1. The summed E-state index contributed by atoms with van der Waals surface area (Å²) in [6.45, 7) is 4.02. The number of hydrogen-bond acceptors (Lipinski definition) is 3. The van der Waals surface area contributed by atoms with E-state index in [9.17, 15) is 14.3 Å². The molecule has 0 spiro atoms. The summed E-state index contributed by atoms with van der Waals surface area (Å²) in [4.78, 5) is 15.8. The summed E-state index contributed by atoms with van der Waals surface area (Å²) < 4.78 is 12.9. The van der Waals surface area contributed by atoms with E-state index in [1.54, 1.807) is 17.0 Å². The monoisotopic (exact) mass is 266 g/mol. The van der Waals surface area contributed by atoms with Gasteiger partial charge in [-0.3, -0.25) is 9.69 Å². The molecular formula is C14H19FN2O2. The van der Waals surface area contributed by atoms with Gasteiger partial charge < -0.3 is 10.0 Å². The summed E-state index contributed by atoms with van der Waals surface area (Å²) in [6.07, 6.45) is 0.393. The largest absolute Gasteiger partial charge is 0.392 e. The number of benzene rings is 1. The molecule has 1 aliphatic rings. The van der Waals surface area contributed by atoms with Crippen molar-refractivity contribution in [3.8, 4) is 0 Å². The number of anilines is 1. The zero-order valence-corrected chi connectivity index (χ0v) is 11.1. The zero-order valence-electron chi connectivity index (χ0n) is 11.1. The molecule has 0 unspecified atom stereocenters. The summed E-state index contributed by atoms with van der Waals surface area (Å²) in [5.74, 6) is -0.335. The van der Waals surface area contributed by atoms with Crippen molar-refractivity contribution in [2.45, 2.75) is 19.4 Å². The highest BCUT2D eigenvalue weighted by atomic mass is 19.1. The smallest absolute Gasteiger partial charge is 0.241 e. The lowest BCUT2D eigenvalue weighted by Gasteiger charge is -2.24. The molecule has 0 aliphatic carbocycles. The topological polar surface area (TPSA) is 43.8 Å². The van der Waals surface area contributed by atoms with E-state index in [0.29, 0.717) is 25.3 Å². The third-order valence-corrected chi connectivity index (χ3v) is 3.36. The Morgan fingerprint density at radius 2 is 2.16 bits per heavy atom. The maximum absolute atomic E-state index is 12.9. The Balaban J connectivity index is 2.00. The minimum Gasteiger partial charge on any atom is -0.392 e. The molecule has 1 heterocycles. The number of hydrogen-bond donors (Lipinski definition) is 1. The molecule has 104 valence electrons. The predicted molar refractivity (Wildman–Crippen MR) is 71.5 cm³/mol. The molecule has 1 atom stereocenters. The van der Waals surface area contributed by atoms with Crippen LogP contribution in [-0.2, 0) is 4.79 Å². The number of amides is 1. The van der Waals surface area contributed by atoms with Gasteiger partial charge in [0.2, 0.25) is 5.91 Å². The van der Waals surface area contributed by atoms with Crippen LogP contribution in [0.4, 0.5) is 10.1 Å². The first-order valence-corrected chi connectivity index (χ1v) is 6.56. The Morgan fingerprint density at radius 3 is 2.68 bits per heavy atom. The number of nitrogens with zero attached hydrogens (tertiary/aromatic N) is 2. The van der Waals surface area contributed by atoms with Crippen LogP contribution < -0.4 is 4.90 Å². The Kier molecular flexibility index (Phi) is 4.50. The number of carbonyl (C=O) groups is 1. The van der Waals surface area contributed by atoms with Gasteiger partial charge in [-0.05, 0) is 37.6 Å². The van der Waals surface area contributed by atoms with Crippen molar-refractivity contribution in [3.05, 3.63) is 30.1 Å². The lowest BCUT2D eigenvalue weighted by molar-refractivity contribution is -0.119. The van der Waals surface area contributed by atoms with Crippen molar-refractivity contribution in [1.82, 2.24) is 4.90 Å². The number of aliphatic hydroxyl groups excluding tert-OH is 1. The molecule has 1 N–H and O–H groups in total. The van der Waals surface area contributed by atoms with Gasteiger partial charge in [-0.15, -0.1) is 0 Å². The zero-order chi connectivity index (χ0) is 13.8. The Morgan fingerprint density at radius 1 is 1.47 bits per heavy atom. The average Bonchev–Trinajstić information content (AvgIpc) is 2.78. The van der Waals surface area contributed by atoms with Crippen LogP contribution in [0.1, 0.15) is 13.3 Å². The number of likely N-dealkylation sites (tertiary alicyclic amines) is 1. The molecule has 1 aromatic carbocycles. The van der Waals surface area contributed by atoms with E-state index in [1.807, 2.05) is 11.8 Å². The highest BCUT2D eigenvalue weighted by molar-refractivity contribution is 5.94. The number of rotatable bonds is 4. The van der Waals surface area contributed by atoms with Gasteiger partial charge in [-0.25, -0.2) is 4.39 Å². The van der Waals surface area contributed by atoms with E-state index in [-0.39, 0.29) is 17.8 Å². The number of β-amino-alcohol motifs (C(OH)–C–C–N with tert-alkyl or cyclic N) is 1. The highest BCUT2D eigenvalue weighted by Crippen LogP contribution is 2.16. The fraction of sp³-hybridized carbons (Fsp3) is 0.500. The van der Waals surface area contributed by atoms with Gasteiger partial charge in [0.25, 0.3) is 0 Å². The molecule has 0 aromatic heterocycles. The maximum atomic E-state index is 12.9. The van der Waals surface area contributed by atoms with Gasteiger partial charge in [0, 0.05) is 25.3 Å². The maximum Gasteiger partial charge on any atom is 0.241 e. The third-order valence-electron chi connectivity index (χ3n) is 3.36. The predicted octanol–water partition coefficient (Wildman–Crippen LogP) is 1.25. The standard InChI is InChI=1S/C14H19FN2O2/c1-2-17(12-5-3-11(15)4-6-12)14(19)10-16-8-7-13(18)9-16/h3-6,13,18H,2,7-10H2,1H3/t13-/m1/s1. The van der Waals surface area contributed by atoms with Crippen molar-refractivity contribution >= 4 is 11.6 Å². The second-order valence-corrected chi connectivity index (χ2v) is 4.79. The summed E-state index contributed by atoms with van der Waals surface area (Å²) in [5.41, 5.74) is 0.702. The minimum atomic E-state index is -0.325. The van der Waals surface area contributed by atoms with Crippen LogP contribution in [-0.4, -0.2) is 48.2 Å². The lowest BCUT2D eigenvalue weighted by atomic mass is 10.2. The molecule has 0 saturated carbocycles. The van der Waals surface area contributed by atoms with Gasteiger partial charge in [0.1, 0.15) is 5.82 Å². The number of halogens is 1. The average molecular weight is 266 g/mol. The van der Waals surface area contributed by atoms with Crippen LogP contribution >= 0.6 is 0 Å². The van der Waals surface area contributed by atoms with E-state index in [0.717, 1.165) is 13.0 Å². The first kappa shape index (κ1) is 14.0. The molecule has 1 amide bonds. The molecule has 1 saturated heterocycles. The molecule has 2 rings (SSSR count). The van der Waals surface area contributed by atoms with Crippen molar-refractivity contribution in [1.29, 1.82) is 0 Å². The first-order valence-electron chi connectivity index (χ1n) is 6.56. The van der Waals surface area contributed by atoms with Crippen molar-refractivity contribution in [3.63, 3.8) is 0 Å². The molecule has 1 aliphatic heterocycles. The SMILES string of the molecule is CCN(C(=O)CN1CC[C@@H](O)C1)c1ccc(F)cc1. The van der Waals surface area contributed by atoms with E-state index in [1.165, 1.54) is 12.1 Å². The van der Waals surface area contributed by atoms with Crippen molar-refractivity contribution in [2.75, 3.05) is 31.1 Å². The molecule has 19 heavy (non-hydrogen) atoms. The molecule has 1 fully saturated rings. The summed E-state index contributed by atoms with van der Waals surface area (Å²) in [5, 5.41) is 9.45. The van der Waals surface area contributed by atoms with Crippen molar-refractivity contribution < 1.29 is 14.3 Å². The van der Waals surface area contributed by atoms with Crippen molar-refractivity contribution in [2.24, 2.45) is 0 Å². The van der Waals surface area contributed by atoms with E-state index in [2.05, 4.69) is 0 Å². The summed E-state index contributed by atoms with van der Waals surface area (Å²) >= 11 is 0. The minimum absolute atomic E-state index is 0.0248. The van der Waals surface area contributed by atoms with Gasteiger partial charge >= 0.3 is 0 Å². The van der Waals surface area contributed by atoms with E-state index in [4.69, 9.17) is 0 Å². The Labute approximate surface area is 112 Å². The lowest BCUT2D eigenvalue weighted by Crippen LogP contribution is -2.39.